The van der Waals surface area contributed by atoms with Gasteiger partial charge in [0.2, 0.25) is 0 Å². The smallest absolute Gasteiger partial charge is 0.471 e. The summed E-state index contributed by atoms with van der Waals surface area (Å²) in [5, 5.41) is 19.4. The van der Waals surface area contributed by atoms with Gasteiger partial charge < -0.3 is 15.5 Å². The maximum atomic E-state index is 14.2. The minimum atomic E-state index is -5.35. The molecule has 12 heteroatoms. The number of phenols is 1. The summed E-state index contributed by atoms with van der Waals surface area (Å²) in [4.78, 5) is 20.6. The van der Waals surface area contributed by atoms with Crippen molar-refractivity contribution in [1.82, 2.24) is 5.32 Å². The molecule has 0 bridgehead atoms. The molecule has 7 nitrogen and oxygen atoms in total. The van der Waals surface area contributed by atoms with E-state index in [1.807, 2.05) is 0 Å². The number of carbonyl (C=O) groups excluding carboxylic acids is 1. The minimum Gasteiger partial charge on any atom is -0.506 e. The summed E-state index contributed by atoms with van der Waals surface area (Å²) < 4.78 is 73.5. The molecule has 1 atom stereocenters. The Morgan fingerprint density at radius 3 is 2.25 bits per heavy atom. The normalized spacial score (nSPS) is 13.4. The van der Waals surface area contributed by atoms with Crippen molar-refractivity contribution in [3.05, 3.63) is 23.5 Å². The summed E-state index contributed by atoms with van der Waals surface area (Å²) >= 11 is 0. The highest BCUT2D eigenvalue weighted by Gasteiger charge is 2.41. The van der Waals surface area contributed by atoms with E-state index in [1.165, 1.54) is 0 Å². The van der Waals surface area contributed by atoms with Gasteiger partial charge in [-0.05, 0) is 11.6 Å². The van der Waals surface area contributed by atoms with Gasteiger partial charge in [-0.3, -0.25) is 4.79 Å². The molecule has 1 aromatic carbocycles. The van der Waals surface area contributed by atoms with Crippen LogP contribution in [-0.2, 0) is 25.8 Å². The third kappa shape index (κ3) is 4.57. The Balaban J connectivity index is 3.22. The van der Waals surface area contributed by atoms with Crippen LogP contribution in [0.5, 0.6) is 5.75 Å². The van der Waals surface area contributed by atoms with Crippen LogP contribution >= 0.6 is 0 Å². The molecule has 0 saturated heterocycles. The van der Waals surface area contributed by atoms with E-state index in [0.29, 0.717) is 6.26 Å². The van der Waals surface area contributed by atoms with Gasteiger partial charge in [0.05, 0.1) is 0 Å². The van der Waals surface area contributed by atoms with Crippen LogP contribution in [0.25, 0.3) is 0 Å². The summed E-state index contributed by atoms with van der Waals surface area (Å²) in [6.45, 7) is 0. The van der Waals surface area contributed by atoms with Crippen molar-refractivity contribution in [2.24, 2.45) is 0 Å². The zero-order chi connectivity index (χ0) is 18.9. The second-order valence-electron chi connectivity index (χ2n) is 4.73. The molecule has 1 unspecified atom stereocenters. The topological polar surface area (TPSA) is 121 Å². The van der Waals surface area contributed by atoms with Gasteiger partial charge in [-0.25, -0.2) is 17.6 Å². The molecule has 0 fully saturated rings. The van der Waals surface area contributed by atoms with Crippen LogP contribution in [0.2, 0.25) is 0 Å². The van der Waals surface area contributed by atoms with Gasteiger partial charge in [0.1, 0.15) is 22.5 Å². The number of halogens is 4. The number of aliphatic carboxylic acids is 1. The third-order valence-electron chi connectivity index (χ3n) is 2.81. The minimum absolute atomic E-state index is 0.578. The van der Waals surface area contributed by atoms with Gasteiger partial charge in [-0.1, -0.05) is 6.07 Å². The molecular weight excluding hydrogens is 362 g/mol. The maximum Gasteiger partial charge on any atom is 0.471 e. The molecule has 0 radical (unpaired) electrons. The zero-order valence-corrected chi connectivity index (χ0v) is 12.7. The number of hydrogen-bond acceptors (Lipinski definition) is 5. The molecule has 0 spiro atoms. The van der Waals surface area contributed by atoms with Crippen molar-refractivity contribution >= 4 is 21.7 Å². The Morgan fingerprint density at radius 2 is 1.83 bits per heavy atom. The zero-order valence-electron chi connectivity index (χ0n) is 11.9. The van der Waals surface area contributed by atoms with Crippen LogP contribution in [0.4, 0.5) is 17.6 Å². The fourth-order valence-corrected chi connectivity index (χ4v) is 2.66. The van der Waals surface area contributed by atoms with E-state index >= 15 is 0 Å². The van der Waals surface area contributed by atoms with Crippen molar-refractivity contribution in [3.63, 3.8) is 0 Å². The predicted molar refractivity (Wildman–Crippen MR) is 70.5 cm³/mol. The second kappa shape index (κ2) is 6.63. The van der Waals surface area contributed by atoms with Crippen LogP contribution in [0.15, 0.2) is 17.0 Å². The van der Waals surface area contributed by atoms with Crippen molar-refractivity contribution in [3.8, 4) is 5.75 Å². The molecule has 0 aliphatic rings. The van der Waals surface area contributed by atoms with Crippen LogP contribution in [0.3, 0.4) is 0 Å². The molecular formula is C12H11F4NO6S. The van der Waals surface area contributed by atoms with Crippen LogP contribution in [-0.4, -0.2) is 49.0 Å². The average molecular weight is 373 g/mol. The quantitative estimate of drug-likeness (QED) is 0.651. The number of carboxylic acids is 1. The summed E-state index contributed by atoms with van der Waals surface area (Å²) in [6.07, 6.45) is -5.74. The van der Waals surface area contributed by atoms with Gasteiger partial charge in [0.15, 0.2) is 9.84 Å². The first kappa shape index (κ1) is 19.7. The standard InChI is InChI=1S/C12H11F4NO6S/c1-24(22,23)9-7(18)3-2-5(8(9)13)4-6(10(19)20)17-11(21)12(14,15)16/h2-3,6,18H,4H2,1H3,(H,17,21)(H,19,20). The molecule has 0 aromatic heterocycles. The first-order chi connectivity index (χ1) is 10.7. The van der Waals surface area contributed by atoms with Crippen LogP contribution in [0, 0.1) is 5.82 Å². The first-order valence-electron chi connectivity index (χ1n) is 6.06. The summed E-state index contributed by atoms with van der Waals surface area (Å²) in [5.74, 6) is -6.88. The van der Waals surface area contributed by atoms with Gasteiger partial charge in [-0.15, -0.1) is 0 Å². The van der Waals surface area contributed by atoms with Gasteiger partial charge >= 0.3 is 18.1 Å². The molecule has 0 aliphatic heterocycles. The average Bonchev–Trinajstić information content (AvgIpc) is 2.37. The number of sulfone groups is 1. The number of carbonyl (C=O) groups is 2. The second-order valence-corrected chi connectivity index (χ2v) is 6.68. The number of alkyl halides is 3. The van der Waals surface area contributed by atoms with E-state index in [0.717, 1.165) is 17.4 Å². The maximum absolute atomic E-state index is 14.2. The number of carboxylic acid groups (broad SMARTS) is 1. The molecule has 1 aromatic rings. The molecule has 1 amide bonds. The first-order valence-corrected chi connectivity index (χ1v) is 7.95. The van der Waals surface area contributed by atoms with Gasteiger partial charge in [0.25, 0.3) is 0 Å². The summed E-state index contributed by atoms with van der Waals surface area (Å²) in [7, 11) is -4.23. The fraction of sp³-hybridized carbons (Fsp3) is 0.333. The summed E-state index contributed by atoms with van der Waals surface area (Å²) in [6, 6.07) is -0.612. The molecule has 24 heavy (non-hydrogen) atoms. The lowest BCUT2D eigenvalue weighted by molar-refractivity contribution is -0.175. The predicted octanol–water partition coefficient (Wildman–Crippen LogP) is 0.609. The third-order valence-corrected chi connectivity index (χ3v) is 3.94. The molecule has 1 rings (SSSR count). The highest BCUT2D eigenvalue weighted by Crippen LogP contribution is 2.28. The number of hydrogen-bond donors (Lipinski definition) is 3. The Kier molecular flexibility index (Phi) is 5.43. The molecule has 0 saturated carbocycles. The Hall–Kier alpha value is -2.37. The van der Waals surface area contributed by atoms with E-state index in [9.17, 15) is 40.7 Å². The van der Waals surface area contributed by atoms with Crippen molar-refractivity contribution in [2.45, 2.75) is 23.5 Å². The van der Waals surface area contributed by atoms with Crippen molar-refractivity contribution < 1.29 is 45.8 Å². The highest BCUT2D eigenvalue weighted by molar-refractivity contribution is 7.90. The van der Waals surface area contributed by atoms with E-state index in [4.69, 9.17) is 5.11 Å². The number of aromatic hydroxyl groups is 1. The van der Waals surface area contributed by atoms with Crippen LogP contribution < -0.4 is 5.32 Å². The van der Waals surface area contributed by atoms with Gasteiger partial charge in [-0.2, -0.15) is 13.2 Å². The van der Waals surface area contributed by atoms with E-state index in [2.05, 4.69) is 0 Å². The monoisotopic (exact) mass is 373 g/mol. The number of rotatable bonds is 5. The van der Waals surface area contributed by atoms with E-state index in [1.54, 1.807) is 0 Å². The molecule has 0 heterocycles. The number of phenolic OH excluding ortho intramolecular Hbond substituents is 1. The number of nitrogens with one attached hydrogen (secondary N) is 1. The molecule has 0 aliphatic carbocycles. The van der Waals surface area contributed by atoms with E-state index < -0.39 is 62.4 Å². The van der Waals surface area contributed by atoms with Gasteiger partial charge in [0, 0.05) is 12.7 Å². The summed E-state index contributed by atoms with van der Waals surface area (Å²) in [5.41, 5.74) is -0.608. The lowest BCUT2D eigenvalue weighted by Crippen LogP contribution is -2.48. The SMILES string of the molecule is CS(=O)(=O)c1c(O)ccc(CC(NC(=O)C(F)(F)F)C(=O)O)c1F. The fourth-order valence-electron chi connectivity index (χ4n) is 1.76. The lowest BCUT2D eigenvalue weighted by Gasteiger charge is -2.17. The lowest BCUT2D eigenvalue weighted by atomic mass is 10.0. The number of amides is 1. The van der Waals surface area contributed by atoms with Crippen molar-refractivity contribution in [1.29, 1.82) is 0 Å². The Labute approximate surface area is 132 Å². The van der Waals surface area contributed by atoms with Crippen molar-refractivity contribution in [2.75, 3.05) is 6.26 Å². The number of benzene rings is 1. The molecule has 134 valence electrons. The van der Waals surface area contributed by atoms with Crippen LogP contribution in [0.1, 0.15) is 5.56 Å². The van der Waals surface area contributed by atoms with E-state index in [-0.39, 0.29) is 0 Å². The highest BCUT2D eigenvalue weighted by atomic mass is 32.2. The Bertz CT molecular complexity index is 774. The largest absolute Gasteiger partial charge is 0.506 e. The Morgan fingerprint density at radius 1 is 1.29 bits per heavy atom. The molecule has 3 N–H and O–H groups in total.